The van der Waals surface area contributed by atoms with Gasteiger partial charge in [-0.05, 0) is 130 Å². The van der Waals surface area contributed by atoms with E-state index in [1.54, 1.807) is 49.5 Å². The van der Waals surface area contributed by atoms with Crippen LogP contribution in [-0.4, -0.2) is 160 Å². The first-order valence-corrected chi connectivity index (χ1v) is 32.7. The van der Waals surface area contributed by atoms with E-state index >= 15 is 4.79 Å². The fourth-order valence-corrected chi connectivity index (χ4v) is 13.0. The van der Waals surface area contributed by atoms with Crippen LogP contribution in [0.2, 0.25) is 0 Å². The number of pyridine rings is 1. The number of carbonyl (C=O) groups is 10. The first kappa shape index (κ1) is 68.2. The number of carbonyl (C=O) groups excluding carboxylic acids is 10. The number of hydrogen-bond donors (Lipinski definition) is 11. The minimum absolute atomic E-state index is 0.0288. The Morgan fingerprint density at radius 2 is 1.37 bits per heavy atom. The molecule has 3 aromatic carbocycles. The van der Waals surface area contributed by atoms with Crippen LogP contribution in [0.3, 0.4) is 0 Å². The average molecular weight is 1290 g/mol. The summed E-state index contributed by atoms with van der Waals surface area (Å²) in [6.45, 7) is 6.38. The number of rotatable bonds is 6. The average Bonchev–Trinajstić information content (AvgIpc) is 3.51. The standard InChI is InChI=1S/C64H80FN13O11S2/c1-36-56(81)71-37(2)57(82)74-49-28-40-19-23-68-53(29-40)67-22-7-6-12-48(73-61(86)50(75-60(49)85)30-43-32-69-47-18-15-44(65)31-46(43)47)59(84)72-38(3)58(83)76-51(27-39-13-16-45(89-5)17-14-39)62(87)78-24-9-21-64(78,4)63(88)77-52(55(66)80)35-91-34-42-11-8-10-41(26-42)33-90-25-20-54(79)70-36/h8,10-11,13-19,23,26,29,31-32,36-38,48-52,69H,6-7,9,12,20-22,24-25,27-28,30,33-35H2,1-5H3,(H2,66,80)(H,67,68)(H,70,79)(H,71,81)(H,72,84)(H,73,86)(H,74,82)(H,75,85)(H,76,83)(H,77,88)/t36-,37+,38-,48-,49-,50-,51-,52-,64-/m0/s1. The number of hydrogen-bond acceptors (Lipinski definition) is 15. The molecule has 10 amide bonds. The third-order valence-corrected chi connectivity index (χ3v) is 18.5. The van der Waals surface area contributed by atoms with Gasteiger partial charge in [-0.25, -0.2) is 9.37 Å². The van der Waals surface area contributed by atoms with Gasteiger partial charge in [0.25, 0.3) is 0 Å². The van der Waals surface area contributed by atoms with Gasteiger partial charge in [0.2, 0.25) is 59.1 Å². The highest BCUT2D eigenvalue weighted by atomic mass is 32.2. The summed E-state index contributed by atoms with van der Waals surface area (Å²) >= 11 is 2.88. The largest absolute Gasteiger partial charge is 0.497 e. The molecule has 8 rings (SSSR count). The van der Waals surface area contributed by atoms with Crippen LogP contribution < -0.4 is 58.3 Å². The molecule has 486 valence electrons. The number of ether oxygens (including phenoxy) is 1. The summed E-state index contributed by atoms with van der Waals surface area (Å²) < 4.78 is 20.2. The second-order valence-electron chi connectivity index (χ2n) is 23.4. The molecule has 24 nitrogen and oxygen atoms in total. The van der Waals surface area contributed by atoms with Crippen LogP contribution in [0.4, 0.5) is 10.2 Å². The summed E-state index contributed by atoms with van der Waals surface area (Å²) in [5.41, 5.74) is 8.46. The molecule has 0 saturated carbocycles. The lowest BCUT2D eigenvalue weighted by atomic mass is 9.95. The highest BCUT2D eigenvalue weighted by Crippen LogP contribution is 2.31. The number of aromatic nitrogens is 2. The molecule has 5 aromatic rings. The highest BCUT2D eigenvalue weighted by Gasteiger charge is 2.48. The van der Waals surface area contributed by atoms with Gasteiger partial charge in [-0.15, -0.1) is 0 Å². The molecule has 0 spiro atoms. The van der Waals surface area contributed by atoms with Crippen molar-refractivity contribution in [1.82, 2.24) is 57.4 Å². The Morgan fingerprint density at radius 3 is 2.11 bits per heavy atom. The van der Waals surface area contributed by atoms with Crippen molar-refractivity contribution >= 4 is 99.3 Å². The summed E-state index contributed by atoms with van der Waals surface area (Å²) in [7, 11) is 1.51. The number of amides is 10. The molecule has 1 fully saturated rings. The van der Waals surface area contributed by atoms with Gasteiger partial charge in [-0.3, -0.25) is 47.9 Å². The maximum atomic E-state index is 15.0. The number of primary amides is 1. The Kier molecular flexibility index (Phi) is 23.9. The van der Waals surface area contributed by atoms with Crippen LogP contribution in [0.1, 0.15) is 94.0 Å². The molecule has 0 unspecified atom stereocenters. The molecule has 1 saturated heterocycles. The van der Waals surface area contributed by atoms with Crippen LogP contribution in [0.15, 0.2) is 91.3 Å². The van der Waals surface area contributed by atoms with Gasteiger partial charge in [0, 0.05) is 85.1 Å². The summed E-state index contributed by atoms with van der Waals surface area (Å²) in [5, 5.41) is 25.6. The zero-order valence-corrected chi connectivity index (χ0v) is 53.2. The predicted octanol–water partition coefficient (Wildman–Crippen LogP) is 2.71. The summed E-state index contributed by atoms with van der Waals surface area (Å²) in [4.78, 5) is 151. The van der Waals surface area contributed by atoms with E-state index in [-0.39, 0.29) is 50.8 Å². The van der Waals surface area contributed by atoms with Crippen molar-refractivity contribution in [2.24, 2.45) is 5.73 Å². The summed E-state index contributed by atoms with van der Waals surface area (Å²) in [6, 6.07) is 11.8. The Labute approximate surface area is 535 Å². The molecule has 0 radical (unpaired) electrons. The summed E-state index contributed by atoms with van der Waals surface area (Å²) in [6.07, 6.45) is 4.23. The minimum atomic E-state index is -1.49. The SMILES string of the molecule is COc1ccc(C[C@@H]2NC(=O)[C@H](C)NC(=O)[C@@H]3CCCCNc4cc(ccn4)C[C@H](NC(=O)[C@@H](C)NC(=O)[C@H](C)NC(=O)CCSCc4cccc(c4)CSC[C@@H](C(N)=O)NC(=O)[C@]4(C)CCCN4C2=O)C(=O)N[C@@H](Cc2c[nH]c4ccc(F)cc24)C(=O)N3)cc1. The Morgan fingerprint density at radius 1 is 0.703 bits per heavy atom. The number of fused-ring (bicyclic) bond motifs is 12. The molecule has 27 heteroatoms. The van der Waals surface area contributed by atoms with Crippen molar-refractivity contribution in [2.45, 2.75) is 151 Å². The third-order valence-electron chi connectivity index (χ3n) is 16.4. The molecule has 3 aliphatic heterocycles. The maximum absolute atomic E-state index is 15.0. The number of H-pyrrole nitrogens is 1. The topological polar surface area (TPSA) is 346 Å². The Bertz CT molecular complexity index is 3480. The lowest BCUT2D eigenvalue weighted by Gasteiger charge is -2.37. The van der Waals surface area contributed by atoms with Gasteiger partial charge in [-0.1, -0.05) is 36.4 Å². The smallest absolute Gasteiger partial charge is 0.246 e. The molecular formula is C64H80FN13O11S2. The second-order valence-corrected chi connectivity index (χ2v) is 25.5. The van der Waals surface area contributed by atoms with Crippen molar-refractivity contribution in [3.8, 4) is 5.75 Å². The van der Waals surface area contributed by atoms with E-state index in [1.807, 2.05) is 24.3 Å². The zero-order valence-electron chi connectivity index (χ0n) is 51.5. The molecule has 0 aliphatic carbocycles. The second kappa shape index (κ2) is 31.8. The molecule has 6 bridgehead atoms. The highest BCUT2D eigenvalue weighted by molar-refractivity contribution is 7.98. The van der Waals surface area contributed by atoms with Crippen LogP contribution in [0.5, 0.6) is 5.75 Å². The van der Waals surface area contributed by atoms with Crippen LogP contribution in [0.25, 0.3) is 10.9 Å². The molecule has 12 N–H and O–H groups in total. The Hall–Kier alpha value is -8.72. The van der Waals surface area contributed by atoms with E-state index in [0.717, 1.165) is 11.1 Å². The number of nitrogens with one attached hydrogen (secondary N) is 10. The van der Waals surface area contributed by atoms with Crippen LogP contribution >= 0.6 is 23.5 Å². The van der Waals surface area contributed by atoms with Crippen molar-refractivity contribution in [3.05, 3.63) is 125 Å². The van der Waals surface area contributed by atoms with Crippen molar-refractivity contribution in [3.63, 3.8) is 0 Å². The first-order valence-electron chi connectivity index (χ1n) is 30.4. The normalized spacial score (nSPS) is 25.6. The van der Waals surface area contributed by atoms with Crippen LogP contribution in [0, 0.1) is 5.82 Å². The van der Waals surface area contributed by atoms with Gasteiger partial charge in [0.1, 0.15) is 71.3 Å². The Balaban J connectivity index is 1.11. The van der Waals surface area contributed by atoms with E-state index in [4.69, 9.17) is 10.5 Å². The molecule has 2 aromatic heterocycles. The van der Waals surface area contributed by atoms with Crippen molar-refractivity contribution in [2.75, 3.05) is 37.0 Å². The number of thioether (sulfide) groups is 2. The van der Waals surface area contributed by atoms with E-state index in [9.17, 15) is 47.5 Å². The molecule has 91 heavy (non-hydrogen) atoms. The maximum Gasteiger partial charge on any atom is 0.246 e. The van der Waals surface area contributed by atoms with E-state index in [1.165, 1.54) is 80.7 Å². The number of benzene rings is 3. The molecular weight excluding hydrogens is 1210 g/mol. The van der Waals surface area contributed by atoms with E-state index in [2.05, 4.69) is 57.8 Å². The molecule has 3 aliphatic rings. The fraction of sp³-hybridized carbons (Fsp3) is 0.453. The number of nitrogens with two attached hydrogens (primary N) is 1. The van der Waals surface area contributed by atoms with Gasteiger partial charge in [-0.2, -0.15) is 23.5 Å². The van der Waals surface area contributed by atoms with Crippen molar-refractivity contribution in [1.29, 1.82) is 0 Å². The van der Waals surface area contributed by atoms with E-state index in [0.29, 0.717) is 82.2 Å². The zero-order chi connectivity index (χ0) is 65.4. The number of anilines is 1. The van der Waals surface area contributed by atoms with Gasteiger partial charge >= 0.3 is 0 Å². The first-order chi connectivity index (χ1) is 43.6. The number of halogens is 1. The van der Waals surface area contributed by atoms with Crippen LogP contribution in [-0.2, 0) is 78.7 Å². The number of nitrogens with zero attached hydrogens (tertiary/aromatic N) is 2. The third kappa shape index (κ3) is 18.7. The van der Waals surface area contributed by atoms with Crippen molar-refractivity contribution < 1.29 is 57.1 Å². The minimum Gasteiger partial charge on any atom is -0.497 e. The predicted molar refractivity (Wildman–Crippen MR) is 343 cm³/mol. The lowest BCUT2D eigenvalue weighted by Crippen LogP contribution is -2.63. The number of aromatic amines is 1. The van der Waals surface area contributed by atoms with Gasteiger partial charge < -0.3 is 68.2 Å². The van der Waals surface area contributed by atoms with Gasteiger partial charge in [0.05, 0.1) is 7.11 Å². The number of methoxy groups -OCH3 is 1. The molecule has 9 atom stereocenters. The fourth-order valence-electron chi connectivity index (χ4n) is 11.1. The quantitative estimate of drug-likeness (QED) is 0.116. The van der Waals surface area contributed by atoms with E-state index < -0.39 is 119 Å². The van der Waals surface area contributed by atoms with Gasteiger partial charge in [0.15, 0.2) is 0 Å². The monoisotopic (exact) mass is 1290 g/mol. The summed E-state index contributed by atoms with van der Waals surface area (Å²) in [5.74, 6) is -5.13. The molecule has 5 heterocycles. The lowest BCUT2D eigenvalue weighted by molar-refractivity contribution is -0.147.